The van der Waals surface area contributed by atoms with Crippen molar-refractivity contribution >= 4 is 12.2 Å². The number of hydrogen-bond donors (Lipinski definition) is 2. The van der Waals surface area contributed by atoms with Crippen LogP contribution >= 0.6 is 0 Å². The molecule has 0 saturated carbocycles. The fourth-order valence-electron chi connectivity index (χ4n) is 0.926. The van der Waals surface area contributed by atoms with Gasteiger partial charge in [-0.3, -0.25) is 10.1 Å². The Morgan fingerprint density at radius 2 is 2.50 bits per heavy atom. The second-order valence-electron chi connectivity index (χ2n) is 2.54. The number of hydrazone groups is 1. The number of nitrogens with one attached hydrogen (secondary N) is 1. The minimum absolute atomic E-state index is 0.0329. The molecule has 3 N–H and O–H groups in total. The third-order valence-corrected chi connectivity index (χ3v) is 1.50. The maximum Gasteiger partial charge on any atom is 0.332 e. The Kier molecular flexibility index (Phi) is 2.95. The van der Waals surface area contributed by atoms with Gasteiger partial charge in [-0.15, -0.1) is 0 Å². The molecule has 0 aromatic rings. The van der Waals surface area contributed by atoms with Crippen molar-refractivity contribution in [1.29, 1.82) is 0 Å². The largest absolute Gasteiger partial charge is 0.350 e. The van der Waals surface area contributed by atoms with Crippen LogP contribution in [0.1, 0.15) is 6.42 Å². The normalized spacial score (nSPS) is 15.1. The van der Waals surface area contributed by atoms with E-state index in [0.717, 1.165) is 0 Å². The van der Waals surface area contributed by atoms with E-state index in [4.69, 9.17) is 5.73 Å². The Labute approximate surface area is 79.1 Å². The molecule has 1 aliphatic carbocycles. The number of nitrogens with zero attached hydrogens (tertiary/aromatic N) is 2. The Balaban J connectivity index is 2.51. The lowest BCUT2D eigenvalue weighted by Crippen LogP contribution is -2.24. The van der Waals surface area contributed by atoms with Gasteiger partial charge in [-0.1, -0.05) is 0 Å². The summed E-state index contributed by atoms with van der Waals surface area (Å²) in [5.74, 6) is 0. The summed E-state index contributed by atoms with van der Waals surface area (Å²) in [4.78, 5) is 20.0. The fraction of sp³-hybridized carbons (Fsp3) is 0.143. The number of carbonyl (C=O) groups is 1. The number of carbonyl (C=O) groups excluding carboxylic acids is 1. The standard InChI is InChI=1S/C7H8N4O3/c8-7(12)10-9-4-5-1-2-6(3-5)11(13)14/h2-4H,1H2,(H3,8,10,12)/b9-4+. The number of nitrogens with two attached hydrogens (primary N) is 1. The van der Waals surface area contributed by atoms with E-state index in [1.807, 2.05) is 5.43 Å². The highest BCUT2D eigenvalue weighted by atomic mass is 16.6. The number of primary amides is 1. The third-order valence-electron chi connectivity index (χ3n) is 1.50. The van der Waals surface area contributed by atoms with Crippen molar-refractivity contribution in [2.24, 2.45) is 10.8 Å². The van der Waals surface area contributed by atoms with E-state index in [1.165, 1.54) is 18.4 Å². The highest BCUT2D eigenvalue weighted by molar-refractivity contribution is 5.82. The van der Waals surface area contributed by atoms with E-state index in [9.17, 15) is 14.9 Å². The summed E-state index contributed by atoms with van der Waals surface area (Å²) < 4.78 is 0. The van der Waals surface area contributed by atoms with Crippen LogP contribution in [0.3, 0.4) is 0 Å². The molecule has 1 rings (SSSR count). The average Bonchev–Trinajstić information content (AvgIpc) is 2.52. The van der Waals surface area contributed by atoms with Crippen LogP contribution in [-0.4, -0.2) is 17.2 Å². The van der Waals surface area contributed by atoms with E-state index < -0.39 is 11.0 Å². The van der Waals surface area contributed by atoms with Crippen molar-refractivity contribution in [2.45, 2.75) is 6.42 Å². The van der Waals surface area contributed by atoms with Gasteiger partial charge in [-0.05, 0) is 18.1 Å². The fourth-order valence-corrected chi connectivity index (χ4v) is 0.926. The molecule has 0 aliphatic heterocycles. The summed E-state index contributed by atoms with van der Waals surface area (Å²) >= 11 is 0. The van der Waals surface area contributed by atoms with Gasteiger partial charge in [0.25, 0.3) is 5.70 Å². The molecule has 0 fully saturated rings. The molecule has 0 aromatic carbocycles. The lowest BCUT2D eigenvalue weighted by atomic mass is 10.3. The van der Waals surface area contributed by atoms with Gasteiger partial charge < -0.3 is 5.73 Å². The summed E-state index contributed by atoms with van der Waals surface area (Å²) in [6.45, 7) is 0. The van der Waals surface area contributed by atoms with Gasteiger partial charge in [0.15, 0.2) is 0 Å². The number of amides is 2. The van der Waals surface area contributed by atoms with E-state index >= 15 is 0 Å². The molecule has 1 aliphatic rings. The Hall–Kier alpha value is -2.18. The lowest BCUT2D eigenvalue weighted by Gasteiger charge is -1.90. The summed E-state index contributed by atoms with van der Waals surface area (Å²) in [5, 5.41) is 13.8. The zero-order valence-electron chi connectivity index (χ0n) is 7.14. The number of hydrogen-bond acceptors (Lipinski definition) is 4. The SMILES string of the molecule is NC(=O)N/N=C/C1=CC([N+](=O)[O-])=CC1. The topological polar surface area (TPSA) is 111 Å². The minimum atomic E-state index is -0.776. The van der Waals surface area contributed by atoms with Crippen LogP contribution in [0.15, 0.2) is 28.5 Å². The molecule has 0 heterocycles. The molecule has 74 valence electrons. The number of nitro groups is 1. The van der Waals surface area contributed by atoms with Crippen LogP contribution in [0, 0.1) is 10.1 Å². The van der Waals surface area contributed by atoms with Crippen molar-refractivity contribution in [3.8, 4) is 0 Å². The first-order valence-corrected chi connectivity index (χ1v) is 3.73. The first kappa shape index (κ1) is 9.90. The van der Waals surface area contributed by atoms with Crippen LogP contribution in [0.4, 0.5) is 4.79 Å². The van der Waals surface area contributed by atoms with Crippen molar-refractivity contribution in [1.82, 2.24) is 5.43 Å². The molecule has 0 unspecified atom stereocenters. The molecule has 0 spiro atoms. The molecule has 14 heavy (non-hydrogen) atoms. The zero-order valence-corrected chi connectivity index (χ0v) is 7.14. The maximum atomic E-state index is 10.3. The molecule has 0 bridgehead atoms. The quantitative estimate of drug-likeness (QED) is 0.380. The second-order valence-corrected chi connectivity index (χ2v) is 2.54. The zero-order chi connectivity index (χ0) is 10.6. The number of urea groups is 1. The molecular formula is C7H8N4O3. The molecule has 7 nitrogen and oxygen atoms in total. The van der Waals surface area contributed by atoms with Crippen molar-refractivity contribution in [2.75, 3.05) is 0 Å². The van der Waals surface area contributed by atoms with Crippen molar-refractivity contribution in [3.63, 3.8) is 0 Å². The molecule has 0 aromatic heterocycles. The summed E-state index contributed by atoms with van der Waals surface area (Å²) in [6, 6.07) is -0.776. The van der Waals surface area contributed by atoms with E-state index in [0.29, 0.717) is 12.0 Å². The van der Waals surface area contributed by atoms with Gasteiger partial charge >= 0.3 is 6.03 Å². The Bertz CT molecular complexity index is 356. The third kappa shape index (κ3) is 2.70. The van der Waals surface area contributed by atoms with Crippen LogP contribution in [0.5, 0.6) is 0 Å². The number of allylic oxidation sites excluding steroid dienone is 3. The predicted octanol–water partition coefficient (Wildman–Crippen LogP) is 0.131. The van der Waals surface area contributed by atoms with Crippen molar-refractivity contribution in [3.05, 3.63) is 33.5 Å². The number of rotatable bonds is 3. The van der Waals surface area contributed by atoms with Gasteiger partial charge in [-0.2, -0.15) is 5.10 Å². The predicted molar refractivity (Wildman–Crippen MR) is 49.0 cm³/mol. The van der Waals surface area contributed by atoms with Gasteiger partial charge in [0.05, 0.1) is 11.1 Å². The molecule has 2 amide bonds. The monoisotopic (exact) mass is 196 g/mol. The first-order chi connectivity index (χ1) is 6.59. The van der Waals surface area contributed by atoms with Crippen LogP contribution in [0.25, 0.3) is 0 Å². The van der Waals surface area contributed by atoms with E-state index in [-0.39, 0.29) is 5.70 Å². The van der Waals surface area contributed by atoms with Crippen LogP contribution < -0.4 is 11.2 Å². The summed E-state index contributed by atoms with van der Waals surface area (Å²) in [5.41, 5.74) is 7.42. The van der Waals surface area contributed by atoms with E-state index in [2.05, 4.69) is 5.10 Å². The second kappa shape index (κ2) is 4.17. The van der Waals surface area contributed by atoms with Gasteiger partial charge in [0.2, 0.25) is 0 Å². The maximum absolute atomic E-state index is 10.3. The lowest BCUT2D eigenvalue weighted by molar-refractivity contribution is -0.418. The van der Waals surface area contributed by atoms with E-state index in [1.54, 1.807) is 0 Å². The van der Waals surface area contributed by atoms with Crippen molar-refractivity contribution < 1.29 is 9.72 Å². The molecule has 0 saturated heterocycles. The minimum Gasteiger partial charge on any atom is -0.350 e. The van der Waals surface area contributed by atoms with Crippen LogP contribution in [0.2, 0.25) is 0 Å². The summed E-state index contributed by atoms with van der Waals surface area (Å²) in [6.07, 6.45) is 4.59. The first-order valence-electron chi connectivity index (χ1n) is 3.73. The Morgan fingerprint density at radius 1 is 1.79 bits per heavy atom. The summed E-state index contributed by atoms with van der Waals surface area (Å²) in [7, 11) is 0. The molecule has 7 heteroatoms. The average molecular weight is 196 g/mol. The van der Waals surface area contributed by atoms with Gasteiger partial charge in [0.1, 0.15) is 0 Å². The van der Waals surface area contributed by atoms with Gasteiger partial charge in [-0.25, -0.2) is 10.2 Å². The molecule has 0 atom stereocenters. The molecule has 0 radical (unpaired) electrons. The highest BCUT2D eigenvalue weighted by Gasteiger charge is 2.13. The highest BCUT2D eigenvalue weighted by Crippen LogP contribution is 2.15. The molecular weight excluding hydrogens is 188 g/mol. The van der Waals surface area contributed by atoms with Gasteiger partial charge in [0, 0.05) is 6.08 Å². The Morgan fingerprint density at radius 3 is 3.00 bits per heavy atom. The smallest absolute Gasteiger partial charge is 0.332 e. The van der Waals surface area contributed by atoms with Crippen LogP contribution in [-0.2, 0) is 0 Å².